The first-order chi connectivity index (χ1) is 12.6. The van der Waals surface area contributed by atoms with Gasteiger partial charge in [-0.15, -0.1) is 0 Å². The highest BCUT2D eigenvalue weighted by Gasteiger charge is 2.55. The molecule has 8 atom stereocenters. The predicted molar refractivity (Wildman–Crippen MR) is 103 cm³/mol. The molecule has 0 saturated heterocycles. The van der Waals surface area contributed by atoms with Crippen LogP contribution in [0.1, 0.15) is 13.8 Å². The first-order valence-corrected chi connectivity index (χ1v) is 9.59. The van der Waals surface area contributed by atoms with Crippen molar-refractivity contribution in [2.45, 2.75) is 25.9 Å². The summed E-state index contributed by atoms with van der Waals surface area (Å²) >= 11 is 0. The van der Waals surface area contributed by atoms with Crippen molar-refractivity contribution < 1.29 is 9.47 Å². The topological polar surface area (TPSA) is 43.2 Å². The van der Waals surface area contributed by atoms with E-state index < -0.39 is 0 Å². The molecule has 4 nitrogen and oxygen atoms in total. The molecule has 0 aromatic carbocycles. The van der Waals surface area contributed by atoms with Crippen LogP contribution in [0.15, 0.2) is 57.6 Å². The molecular weight excluding hydrogens is 324 g/mol. The Bertz CT molecular complexity index is 816. The van der Waals surface area contributed by atoms with E-state index >= 15 is 0 Å². The molecule has 8 aliphatic rings. The van der Waals surface area contributed by atoms with E-state index in [1.807, 2.05) is 0 Å². The Morgan fingerprint density at radius 2 is 1.42 bits per heavy atom. The smallest absolute Gasteiger partial charge is 0.188 e. The molecule has 8 unspecified atom stereocenters. The lowest BCUT2D eigenvalue weighted by Crippen LogP contribution is -2.09. The van der Waals surface area contributed by atoms with Crippen molar-refractivity contribution in [1.29, 1.82) is 0 Å². The summed E-state index contributed by atoms with van der Waals surface area (Å²) in [5.41, 5.74) is 2.86. The molecule has 0 aromatic heterocycles. The summed E-state index contributed by atoms with van der Waals surface area (Å²) in [4.78, 5) is 9.16. The zero-order chi connectivity index (χ0) is 18.0. The fourth-order valence-corrected chi connectivity index (χ4v) is 5.15. The van der Waals surface area contributed by atoms with Gasteiger partial charge in [-0.25, -0.2) is 9.98 Å². The molecule has 4 heteroatoms. The Labute approximate surface area is 155 Å². The van der Waals surface area contributed by atoms with Crippen LogP contribution in [0, 0.1) is 35.5 Å². The van der Waals surface area contributed by atoms with Crippen molar-refractivity contribution in [3.63, 3.8) is 0 Å². The van der Waals surface area contributed by atoms with Crippen molar-refractivity contribution in [1.82, 2.24) is 0 Å². The van der Waals surface area contributed by atoms with Gasteiger partial charge in [0.15, 0.2) is 11.8 Å². The van der Waals surface area contributed by atoms with Crippen LogP contribution in [0.4, 0.5) is 0 Å². The quantitative estimate of drug-likeness (QED) is 0.627. The number of nitrogens with zero attached hydrogens (tertiary/aromatic N) is 2. The Hall–Kier alpha value is -2.10. The molecular formula is C22H26N2O2. The maximum absolute atomic E-state index is 5.33. The predicted octanol–water partition coefficient (Wildman–Crippen LogP) is 3.58. The third-order valence-corrected chi connectivity index (χ3v) is 6.67. The second kappa shape index (κ2) is 5.70. The minimum absolute atomic E-state index is 0.231. The Balaban J connectivity index is 0.000000115. The maximum atomic E-state index is 5.33. The fraction of sp³-hybridized carbons (Fsp3) is 0.545. The van der Waals surface area contributed by atoms with Gasteiger partial charge in [-0.1, -0.05) is 42.0 Å². The van der Waals surface area contributed by atoms with E-state index in [9.17, 15) is 0 Å². The Morgan fingerprint density at radius 3 is 2.19 bits per heavy atom. The van der Waals surface area contributed by atoms with Gasteiger partial charge in [0, 0.05) is 11.8 Å². The molecule has 2 saturated carbocycles. The van der Waals surface area contributed by atoms with E-state index in [0.29, 0.717) is 35.5 Å². The Morgan fingerprint density at radius 1 is 0.692 bits per heavy atom. The summed E-state index contributed by atoms with van der Waals surface area (Å²) in [7, 11) is 3.46. The summed E-state index contributed by atoms with van der Waals surface area (Å²) in [5.74, 6) is 5.69. The molecule has 8 bridgehead atoms. The summed E-state index contributed by atoms with van der Waals surface area (Å²) in [6.45, 7) is 4.38. The number of rotatable bonds is 0. The van der Waals surface area contributed by atoms with Crippen molar-refractivity contribution in [2.75, 3.05) is 14.2 Å². The van der Waals surface area contributed by atoms with Gasteiger partial charge in [-0.05, 0) is 43.1 Å². The van der Waals surface area contributed by atoms with Crippen molar-refractivity contribution in [3.8, 4) is 0 Å². The van der Waals surface area contributed by atoms with Crippen LogP contribution in [-0.2, 0) is 9.47 Å². The van der Waals surface area contributed by atoms with E-state index in [1.165, 1.54) is 11.1 Å². The molecule has 0 N–H and O–H groups in total. The van der Waals surface area contributed by atoms with E-state index in [0.717, 1.165) is 11.8 Å². The van der Waals surface area contributed by atoms with Gasteiger partial charge < -0.3 is 9.47 Å². The van der Waals surface area contributed by atoms with Crippen LogP contribution in [0.2, 0.25) is 0 Å². The van der Waals surface area contributed by atoms with E-state index in [-0.39, 0.29) is 12.1 Å². The second-order valence-corrected chi connectivity index (χ2v) is 8.18. The highest BCUT2D eigenvalue weighted by molar-refractivity contribution is 5.85. The zero-order valence-electron chi connectivity index (χ0n) is 15.8. The third-order valence-electron chi connectivity index (χ3n) is 6.67. The normalized spacial score (nSPS) is 44.8. The van der Waals surface area contributed by atoms with Gasteiger partial charge in [-0.2, -0.15) is 0 Å². The van der Waals surface area contributed by atoms with Crippen LogP contribution in [0.5, 0.6) is 0 Å². The highest BCUT2D eigenvalue weighted by Crippen LogP contribution is 2.55. The highest BCUT2D eigenvalue weighted by atomic mass is 16.5. The molecule has 8 rings (SSSR count). The zero-order valence-corrected chi connectivity index (χ0v) is 15.8. The molecule has 0 aromatic rings. The van der Waals surface area contributed by atoms with Crippen LogP contribution in [0.25, 0.3) is 0 Å². The lowest BCUT2D eigenvalue weighted by Gasteiger charge is -2.07. The lowest BCUT2D eigenvalue weighted by atomic mass is 10.1. The number of hydrogen-bond donors (Lipinski definition) is 0. The molecule has 4 aliphatic carbocycles. The number of aliphatic imine (C=N–C) groups is 2. The largest absolute Gasteiger partial charge is 0.484 e. The molecule has 26 heavy (non-hydrogen) atoms. The average Bonchev–Trinajstić information content (AvgIpc) is 3.47. The fourth-order valence-electron chi connectivity index (χ4n) is 5.15. The number of ether oxygens (including phenoxy) is 2. The molecule has 136 valence electrons. The standard InChI is InChI=1S/2C11H13NO/c1-6-5-8-7-3-4-9(6)12-11(13-2)10(7)8;1-6-5-7-3-4-8-9(6)10(8)11(12-7)13-2/h2*3-5,7-10H,1-2H3. The van der Waals surface area contributed by atoms with Gasteiger partial charge in [0.1, 0.15) is 0 Å². The molecule has 4 heterocycles. The minimum Gasteiger partial charge on any atom is -0.484 e. The number of hydrogen-bond acceptors (Lipinski definition) is 4. The summed E-state index contributed by atoms with van der Waals surface area (Å²) < 4.78 is 10.7. The maximum Gasteiger partial charge on any atom is 0.188 e. The monoisotopic (exact) mass is 350 g/mol. The SMILES string of the molecule is COC1=NC2C=CC3C(C(C)=C2)C13.COC1=NC2C=CC3C(C=C2C)C13. The second-order valence-electron chi connectivity index (χ2n) is 8.18. The van der Waals surface area contributed by atoms with E-state index in [4.69, 9.17) is 9.47 Å². The summed E-state index contributed by atoms with van der Waals surface area (Å²) in [5, 5.41) is 0. The Kier molecular flexibility index (Phi) is 3.53. The van der Waals surface area contributed by atoms with Crippen LogP contribution in [-0.4, -0.2) is 38.1 Å². The average molecular weight is 350 g/mol. The summed E-state index contributed by atoms with van der Waals surface area (Å²) in [6, 6.07) is 0.477. The first-order valence-electron chi connectivity index (χ1n) is 9.59. The van der Waals surface area contributed by atoms with Gasteiger partial charge in [0.25, 0.3) is 0 Å². The van der Waals surface area contributed by atoms with Gasteiger partial charge >= 0.3 is 0 Å². The molecule has 4 aliphatic heterocycles. The van der Waals surface area contributed by atoms with Crippen molar-refractivity contribution in [2.24, 2.45) is 45.5 Å². The van der Waals surface area contributed by atoms with Crippen molar-refractivity contribution in [3.05, 3.63) is 47.6 Å². The first kappa shape index (κ1) is 16.1. The number of allylic oxidation sites excluding steroid dienone is 4. The van der Waals surface area contributed by atoms with Gasteiger partial charge in [0.05, 0.1) is 26.3 Å². The molecule has 2 fully saturated rings. The lowest BCUT2D eigenvalue weighted by molar-refractivity contribution is 0.381. The summed E-state index contributed by atoms with van der Waals surface area (Å²) in [6.07, 6.45) is 13.6. The van der Waals surface area contributed by atoms with E-state index in [1.54, 1.807) is 14.2 Å². The molecule has 0 radical (unpaired) electrons. The van der Waals surface area contributed by atoms with Gasteiger partial charge in [0.2, 0.25) is 0 Å². The molecule has 0 spiro atoms. The molecule has 0 amide bonds. The van der Waals surface area contributed by atoms with E-state index in [2.05, 4.69) is 60.3 Å². The van der Waals surface area contributed by atoms with Crippen LogP contribution < -0.4 is 0 Å². The third kappa shape index (κ3) is 2.34. The number of methoxy groups -OCH3 is 2. The van der Waals surface area contributed by atoms with Crippen LogP contribution >= 0.6 is 0 Å². The van der Waals surface area contributed by atoms with Gasteiger partial charge in [-0.3, -0.25) is 0 Å². The van der Waals surface area contributed by atoms with Crippen LogP contribution in [0.3, 0.4) is 0 Å². The van der Waals surface area contributed by atoms with Crippen molar-refractivity contribution >= 4 is 11.8 Å². The minimum atomic E-state index is 0.231.